The Morgan fingerprint density at radius 1 is 1.29 bits per heavy atom. The summed E-state index contributed by atoms with van der Waals surface area (Å²) < 4.78 is 7.72. The number of ether oxygens (including phenoxy) is 1. The highest BCUT2D eigenvalue weighted by molar-refractivity contribution is 7.99. The van der Waals surface area contributed by atoms with Gasteiger partial charge in [-0.3, -0.25) is 0 Å². The van der Waals surface area contributed by atoms with Crippen molar-refractivity contribution < 1.29 is 14.6 Å². The second-order valence-corrected chi connectivity index (χ2v) is 7.36. The molecule has 1 N–H and O–H groups in total. The standard InChI is InChI=1S/C17H23N3O3S/c1-5-20-15(17(2,3)4)18-19-16(20)24-11-10-23-13-9-7-6-8-12(13)14(21)22/h6-9H,5,10-11H2,1-4H3,(H,21,22). The molecule has 1 aromatic carbocycles. The molecule has 2 rings (SSSR count). The van der Waals surface area contributed by atoms with E-state index in [1.807, 2.05) is 0 Å². The van der Waals surface area contributed by atoms with Crippen molar-refractivity contribution in [3.63, 3.8) is 0 Å². The molecule has 2 aromatic rings. The molecule has 0 aliphatic heterocycles. The van der Waals surface area contributed by atoms with Crippen LogP contribution in [0.4, 0.5) is 0 Å². The summed E-state index contributed by atoms with van der Waals surface area (Å²) in [5.41, 5.74) is 0.118. The summed E-state index contributed by atoms with van der Waals surface area (Å²) in [6, 6.07) is 6.65. The topological polar surface area (TPSA) is 77.2 Å². The van der Waals surface area contributed by atoms with E-state index in [0.29, 0.717) is 18.1 Å². The maximum absolute atomic E-state index is 11.1. The molecule has 0 spiro atoms. The average Bonchev–Trinajstić information content (AvgIpc) is 2.95. The van der Waals surface area contributed by atoms with E-state index in [0.717, 1.165) is 17.5 Å². The maximum atomic E-state index is 11.1. The fraction of sp³-hybridized carbons (Fsp3) is 0.471. The molecule has 0 aliphatic carbocycles. The van der Waals surface area contributed by atoms with E-state index >= 15 is 0 Å². The molecular formula is C17H23N3O3S. The number of carbonyl (C=O) groups is 1. The van der Waals surface area contributed by atoms with E-state index in [1.165, 1.54) is 6.07 Å². The molecule has 0 fully saturated rings. The number of hydrogen-bond acceptors (Lipinski definition) is 5. The molecule has 0 saturated carbocycles. The first kappa shape index (κ1) is 18.3. The van der Waals surface area contributed by atoms with E-state index < -0.39 is 5.97 Å². The van der Waals surface area contributed by atoms with Crippen LogP contribution >= 0.6 is 11.8 Å². The van der Waals surface area contributed by atoms with Gasteiger partial charge in [-0.1, -0.05) is 44.7 Å². The quantitative estimate of drug-likeness (QED) is 0.609. The largest absolute Gasteiger partial charge is 0.492 e. The van der Waals surface area contributed by atoms with Gasteiger partial charge in [0.2, 0.25) is 0 Å². The first-order valence-electron chi connectivity index (χ1n) is 7.86. The Morgan fingerprint density at radius 3 is 2.62 bits per heavy atom. The molecule has 24 heavy (non-hydrogen) atoms. The summed E-state index contributed by atoms with van der Waals surface area (Å²) in [5, 5.41) is 18.6. The summed E-state index contributed by atoms with van der Waals surface area (Å²) in [6.07, 6.45) is 0. The highest BCUT2D eigenvalue weighted by Gasteiger charge is 2.23. The smallest absolute Gasteiger partial charge is 0.339 e. The van der Waals surface area contributed by atoms with Gasteiger partial charge in [-0.05, 0) is 19.1 Å². The predicted molar refractivity (Wildman–Crippen MR) is 94.0 cm³/mol. The Labute approximate surface area is 146 Å². The highest BCUT2D eigenvalue weighted by atomic mass is 32.2. The van der Waals surface area contributed by atoms with Crippen molar-refractivity contribution in [2.24, 2.45) is 0 Å². The SMILES string of the molecule is CCn1c(SCCOc2ccccc2C(=O)O)nnc1C(C)(C)C. The van der Waals surface area contributed by atoms with Crippen molar-refractivity contribution in [2.75, 3.05) is 12.4 Å². The van der Waals surface area contributed by atoms with Crippen molar-refractivity contribution in [3.05, 3.63) is 35.7 Å². The van der Waals surface area contributed by atoms with Crippen molar-refractivity contribution in [1.82, 2.24) is 14.8 Å². The van der Waals surface area contributed by atoms with Crippen LogP contribution in [0.3, 0.4) is 0 Å². The minimum absolute atomic E-state index is 0.0568. The summed E-state index contributed by atoms with van der Waals surface area (Å²) >= 11 is 1.56. The lowest BCUT2D eigenvalue weighted by atomic mass is 9.96. The average molecular weight is 349 g/mol. The van der Waals surface area contributed by atoms with E-state index in [4.69, 9.17) is 9.84 Å². The second kappa shape index (κ2) is 7.70. The predicted octanol–water partition coefficient (Wildman–Crippen LogP) is 3.46. The van der Waals surface area contributed by atoms with Gasteiger partial charge >= 0.3 is 5.97 Å². The zero-order valence-corrected chi connectivity index (χ0v) is 15.3. The van der Waals surface area contributed by atoms with Crippen LogP contribution in [0.1, 0.15) is 43.9 Å². The minimum atomic E-state index is -0.987. The first-order chi connectivity index (χ1) is 11.3. The number of benzene rings is 1. The molecule has 6 nitrogen and oxygen atoms in total. The lowest BCUT2D eigenvalue weighted by molar-refractivity contribution is 0.0692. The third-order valence-electron chi connectivity index (χ3n) is 3.39. The number of para-hydroxylation sites is 1. The van der Waals surface area contributed by atoms with Gasteiger partial charge in [-0.15, -0.1) is 10.2 Å². The van der Waals surface area contributed by atoms with Gasteiger partial charge < -0.3 is 14.4 Å². The van der Waals surface area contributed by atoms with Gasteiger partial charge in [-0.2, -0.15) is 0 Å². The van der Waals surface area contributed by atoms with E-state index in [9.17, 15) is 4.79 Å². The Hall–Kier alpha value is -2.02. The van der Waals surface area contributed by atoms with E-state index in [1.54, 1.807) is 30.0 Å². The number of hydrogen-bond donors (Lipinski definition) is 1. The van der Waals surface area contributed by atoms with Gasteiger partial charge in [-0.25, -0.2) is 4.79 Å². The van der Waals surface area contributed by atoms with Crippen LogP contribution in [0, 0.1) is 0 Å². The molecule has 0 saturated heterocycles. The van der Waals surface area contributed by atoms with Crippen LogP contribution in [0.15, 0.2) is 29.4 Å². The number of aromatic carboxylic acids is 1. The van der Waals surface area contributed by atoms with Crippen molar-refractivity contribution >= 4 is 17.7 Å². The number of carboxylic acids is 1. The molecule has 0 aliphatic rings. The molecule has 1 heterocycles. The minimum Gasteiger partial charge on any atom is -0.492 e. The van der Waals surface area contributed by atoms with Crippen LogP contribution in [-0.2, 0) is 12.0 Å². The zero-order chi connectivity index (χ0) is 17.7. The Bertz CT molecular complexity index is 707. The molecule has 130 valence electrons. The normalized spacial score (nSPS) is 11.5. The van der Waals surface area contributed by atoms with Crippen molar-refractivity contribution in [1.29, 1.82) is 0 Å². The number of aromatic nitrogens is 3. The number of thioether (sulfide) groups is 1. The fourth-order valence-corrected chi connectivity index (χ4v) is 3.11. The first-order valence-corrected chi connectivity index (χ1v) is 8.84. The van der Waals surface area contributed by atoms with Crippen LogP contribution in [0.2, 0.25) is 0 Å². The summed E-state index contributed by atoms with van der Waals surface area (Å²) in [7, 11) is 0. The molecule has 0 bridgehead atoms. The lowest BCUT2D eigenvalue weighted by Gasteiger charge is -2.18. The Balaban J connectivity index is 1.96. The molecule has 0 amide bonds. The molecule has 0 radical (unpaired) electrons. The summed E-state index contributed by atoms with van der Waals surface area (Å²) in [4.78, 5) is 11.1. The highest BCUT2D eigenvalue weighted by Crippen LogP contribution is 2.25. The van der Waals surface area contributed by atoms with Gasteiger partial charge in [0.15, 0.2) is 5.16 Å². The third kappa shape index (κ3) is 4.29. The lowest BCUT2D eigenvalue weighted by Crippen LogP contribution is -2.19. The molecule has 1 aromatic heterocycles. The molecule has 0 unspecified atom stereocenters. The fourth-order valence-electron chi connectivity index (χ4n) is 2.29. The Kier molecular flexibility index (Phi) is 5.88. The van der Waals surface area contributed by atoms with Crippen molar-refractivity contribution in [3.8, 4) is 5.75 Å². The van der Waals surface area contributed by atoms with Gasteiger partial charge in [0.25, 0.3) is 0 Å². The van der Waals surface area contributed by atoms with E-state index in [2.05, 4.69) is 42.5 Å². The monoisotopic (exact) mass is 349 g/mol. The third-order valence-corrected chi connectivity index (χ3v) is 4.32. The van der Waals surface area contributed by atoms with Crippen LogP contribution in [0.5, 0.6) is 5.75 Å². The maximum Gasteiger partial charge on any atom is 0.339 e. The summed E-state index contributed by atoms with van der Waals surface area (Å²) in [6.45, 7) is 9.62. The molecular weight excluding hydrogens is 326 g/mol. The van der Waals surface area contributed by atoms with Crippen LogP contribution < -0.4 is 4.74 Å². The molecule has 7 heteroatoms. The van der Waals surface area contributed by atoms with E-state index in [-0.39, 0.29) is 11.0 Å². The van der Waals surface area contributed by atoms with Crippen molar-refractivity contribution in [2.45, 2.75) is 44.8 Å². The number of nitrogens with zero attached hydrogens (tertiary/aromatic N) is 3. The summed E-state index contributed by atoms with van der Waals surface area (Å²) in [5.74, 6) is 1.03. The number of carboxylic acid groups (broad SMARTS) is 1. The zero-order valence-electron chi connectivity index (χ0n) is 14.4. The molecule has 0 atom stereocenters. The van der Waals surface area contributed by atoms with Gasteiger partial charge in [0.1, 0.15) is 17.1 Å². The number of rotatable bonds is 7. The second-order valence-electron chi connectivity index (χ2n) is 6.30. The van der Waals surface area contributed by atoms with Crippen LogP contribution in [-0.4, -0.2) is 38.2 Å². The Morgan fingerprint density at radius 2 is 2.00 bits per heavy atom. The van der Waals surface area contributed by atoms with Crippen LogP contribution in [0.25, 0.3) is 0 Å². The van der Waals surface area contributed by atoms with Gasteiger partial charge in [0.05, 0.1) is 6.61 Å². The van der Waals surface area contributed by atoms with Gasteiger partial charge in [0, 0.05) is 17.7 Å².